The summed E-state index contributed by atoms with van der Waals surface area (Å²) in [5.41, 5.74) is 14.0. The molecule has 0 heterocycles. The van der Waals surface area contributed by atoms with Gasteiger partial charge in [0.25, 0.3) is 0 Å². The molecule has 67 heavy (non-hydrogen) atoms. The predicted octanol–water partition coefficient (Wildman–Crippen LogP) is 19.0. The van der Waals surface area contributed by atoms with Crippen LogP contribution in [0, 0.1) is 11.6 Å². The second kappa shape index (κ2) is 18.8. The lowest BCUT2D eigenvalue weighted by Gasteiger charge is -2.28. The molecular formula is C63H70F2N2. The van der Waals surface area contributed by atoms with Gasteiger partial charge in [0, 0.05) is 45.3 Å². The topological polar surface area (TPSA) is 6.48 Å². The molecule has 0 spiro atoms. The van der Waals surface area contributed by atoms with Crippen molar-refractivity contribution >= 4 is 40.2 Å². The number of rotatable bonds is 11. The average Bonchev–Trinajstić information content (AvgIpc) is 3.28. The zero-order valence-electron chi connectivity index (χ0n) is 42.2. The molecule has 0 radical (unpaired) electrons. The SMILES string of the molecule is C=Cc1c(CCC)c(-c2ccc(N(c3ccc(C(C)(C)C)cc3)c3ccc(C(C)(C)C)cc3)cc2)c(F)c(F)c1-c1ccc(N(c2ccc(C(C)(C)C)cc2)c2ccc(C(C)(C)C)cc2)cc1. The Balaban J connectivity index is 1.29. The van der Waals surface area contributed by atoms with Gasteiger partial charge in [-0.25, -0.2) is 8.78 Å². The number of benzene rings is 7. The normalized spacial score (nSPS) is 12.3. The van der Waals surface area contributed by atoms with Gasteiger partial charge in [0.15, 0.2) is 11.6 Å². The number of nitrogens with zero attached hydrogens (tertiary/aromatic N) is 2. The molecule has 0 bridgehead atoms. The molecule has 346 valence electrons. The number of hydrogen-bond acceptors (Lipinski definition) is 2. The van der Waals surface area contributed by atoms with E-state index in [4.69, 9.17) is 0 Å². The van der Waals surface area contributed by atoms with E-state index in [1.54, 1.807) is 6.08 Å². The van der Waals surface area contributed by atoms with Crippen LogP contribution in [0.2, 0.25) is 0 Å². The van der Waals surface area contributed by atoms with E-state index in [9.17, 15) is 0 Å². The van der Waals surface area contributed by atoms with Gasteiger partial charge in [0.05, 0.1) is 0 Å². The molecule has 4 heteroatoms. The maximum atomic E-state index is 17.0. The monoisotopic (exact) mass is 893 g/mol. The Morgan fingerprint density at radius 2 is 0.627 bits per heavy atom. The minimum atomic E-state index is -0.881. The molecule has 0 aliphatic carbocycles. The minimum Gasteiger partial charge on any atom is -0.311 e. The molecule has 0 N–H and O–H groups in total. The van der Waals surface area contributed by atoms with Gasteiger partial charge in [-0.3, -0.25) is 0 Å². The quantitative estimate of drug-likeness (QED) is 0.128. The second-order valence-corrected chi connectivity index (χ2v) is 22.2. The van der Waals surface area contributed by atoms with Gasteiger partial charge in [-0.1, -0.05) is 182 Å². The van der Waals surface area contributed by atoms with E-state index in [1.165, 1.54) is 22.3 Å². The summed E-state index contributed by atoms with van der Waals surface area (Å²) in [5, 5.41) is 0. The summed E-state index contributed by atoms with van der Waals surface area (Å²) < 4.78 is 34.0. The maximum Gasteiger partial charge on any atom is 0.167 e. The van der Waals surface area contributed by atoms with Gasteiger partial charge >= 0.3 is 0 Å². The molecule has 0 amide bonds. The molecule has 7 aromatic carbocycles. The van der Waals surface area contributed by atoms with Crippen molar-refractivity contribution in [2.24, 2.45) is 0 Å². The van der Waals surface area contributed by atoms with Crippen LogP contribution in [0.5, 0.6) is 0 Å². The summed E-state index contributed by atoms with van der Waals surface area (Å²) in [6.07, 6.45) is 2.99. The first-order chi connectivity index (χ1) is 31.5. The highest BCUT2D eigenvalue weighted by molar-refractivity contribution is 5.87. The van der Waals surface area contributed by atoms with Crippen molar-refractivity contribution in [2.45, 2.75) is 125 Å². The summed E-state index contributed by atoms with van der Waals surface area (Å²) >= 11 is 0. The van der Waals surface area contributed by atoms with E-state index in [2.05, 4.69) is 203 Å². The predicted molar refractivity (Wildman–Crippen MR) is 285 cm³/mol. The van der Waals surface area contributed by atoms with Crippen molar-refractivity contribution in [3.05, 3.63) is 197 Å². The fraction of sp³-hybridized carbons (Fsp3) is 0.302. The molecule has 0 aliphatic rings. The molecule has 0 fully saturated rings. The molecule has 0 aromatic heterocycles. The minimum absolute atomic E-state index is 0.0111. The number of halogens is 2. The third-order valence-electron chi connectivity index (χ3n) is 13.0. The van der Waals surface area contributed by atoms with Crippen molar-refractivity contribution in [3.63, 3.8) is 0 Å². The van der Waals surface area contributed by atoms with E-state index < -0.39 is 11.6 Å². The van der Waals surface area contributed by atoms with Crippen LogP contribution in [0.4, 0.5) is 42.9 Å². The molecule has 2 nitrogen and oxygen atoms in total. The van der Waals surface area contributed by atoms with Crippen LogP contribution in [-0.4, -0.2) is 0 Å². The van der Waals surface area contributed by atoms with Gasteiger partial charge < -0.3 is 9.80 Å². The third-order valence-corrected chi connectivity index (χ3v) is 13.0. The van der Waals surface area contributed by atoms with E-state index in [-0.39, 0.29) is 32.8 Å². The molecule has 0 atom stereocenters. The Morgan fingerprint density at radius 1 is 0.388 bits per heavy atom. The van der Waals surface area contributed by atoms with Gasteiger partial charge in [0.2, 0.25) is 0 Å². The molecule has 0 aliphatic heterocycles. The maximum absolute atomic E-state index is 17.0. The van der Waals surface area contributed by atoms with Crippen LogP contribution in [0.25, 0.3) is 28.3 Å². The first kappa shape index (κ1) is 48.7. The lowest BCUT2D eigenvalue weighted by molar-refractivity contribution is 0.512. The zero-order valence-corrected chi connectivity index (χ0v) is 42.2. The Morgan fingerprint density at radius 3 is 0.866 bits per heavy atom. The molecule has 7 rings (SSSR count). The highest BCUT2D eigenvalue weighted by atomic mass is 19.2. The Kier molecular flexibility index (Phi) is 13.6. The van der Waals surface area contributed by atoms with E-state index in [0.717, 1.165) is 46.1 Å². The fourth-order valence-electron chi connectivity index (χ4n) is 8.96. The zero-order chi connectivity index (χ0) is 48.6. The summed E-state index contributed by atoms with van der Waals surface area (Å²) in [7, 11) is 0. The number of hydrogen-bond donors (Lipinski definition) is 0. The van der Waals surface area contributed by atoms with Crippen LogP contribution in [0.3, 0.4) is 0 Å². The van der Waals surface area contributed by atoms with Crippen molar-refractivity contribution in [1.29, 1.82) is 0 Å². The van der Waals surface area contributed by atoms with E-state index in [0.29, 0.717) is 23.1 Å². The van der Waals surface area contributed by atoms with Gasteiger partial charge in [0.1, 0.15) is 0 Å². The fourth-order valence-corrected chi connectivity index (χ4v) is 8.96. The standard InChI is InChI=1S/C63H70F2N2/c1-15-17-55-54(16-2)56(42-18-30-48(31-19-42)66(50-34-22-44(23-35-50)60(3,4)5)51-36-24-45(25-37-51)61(6,7)8)58(64)59(65)57(55)43-20-32-49(33-21-43)67(52-38-26-46(27-39-52)62(9,10)11)53-40-28-47(29-41-53)63(12,13)14/h16,18-41H,2,15,17H2,1,3-14H3. The van der Waals surface area contributed by atoms with Gasteiger partial charge in [-0.15, -0.1) is 0 Å². The smallest absolute Gasteiger partial charge is 0.167 e. The van der Waals surface area contributed by atoms with Crippen LogP contribution in [0.1, 0.15) is 130 Å². The lowest BCUT2D eigenvalue weighted by Crippen LogP contribution is -2.14. The summed E-state index contributed by atoms with van der Waals surface area (Å²) in [4.78, 5) is 4.43. The molecule has 0 unspecified atom stereocenters. The Labute approximate surface area is 401 Å². The van der Waals surface area contributed by atoms with Crippen molar-refractivity contribution in [1.82, 2.24) is 0 Å². The van der Waals surface area contributed by atoms with Crippen LogP contribution in [-0.2, 0) is 28.1 Å². The van der Waals surface area contributed by atoms with Crippen LogP contribution in [0.15, 0.2) is 152 Å². The van der Waals surface area contributed by atoms with E-state index >= 15 is 8.78 Å². The summed E-state index contributed by atoms with van der Waals surface area (Å²) in [5.74, 6) is -1.73. The Hall–Kier alpha value is -6.26. The molecular weight excluding hydrogens is 823 g/mol. The molecule has 0 saturated carbocycles. The number of anilines is 6. The van der Waals surface area contributed by atoms with Crippen molar-refractivity contribution in [3.8, 4) is 22.3 Å². The van der Waals surface area contributed by atoms with Crippen LogP contribution < -0.4 is 9.80 Å². The highest BCUT2D eigenvalue weighted by Gasteiger charge is 2.27. The molecule has 7 aromatic rings. The first-order valence-corrected chi connectivity index (χ1v) is 23.9. The average molecular weight is 893 g/mol. The van der Waals surface area contributed by atoms with Gasteiger partial charge in [-0.2, -0.15) is 0 Å². The van der Waals surface area contributed by atoms with Gasteiger partial charge in [-0.05, 0) is 145 Å². The lowest BCUT2D eigenvalue weighted by atomic mass is 9.86. The first-order valence-electron chi connectivity index (χ1n) is 23.9. The van der Waals surface area contributed by atoms with Crippen molar-refractivity contribution < 1.29 is 8.78 Å². The summed E-state index contributed by atoms with van der Waals surface area (Å²) in [6.45, 7) is 32.8. The third kappa shape index (κ3) is 10.3. The highest BCUT2D eigenvalue weighted by Crippen LogP contribution is 2.44. The van der Waals surface area contributed by atoms with Crippen molar-refractivity contribution in [2.75, 3.05) is 9.80 Å². The second-order valence-electron chi connectivity index (χ2n) is 22.2. The largest absolute Gasteiger partial charge is 0.311 e. The summed E-state index contributed by atoms with van der Waals surface area (Å²) in [6, 6.07) is 50.5. The van der Waals surface area contributed by atoms with E-state index in [1.807, 2.05) is 48.5 Å². The Bertz CT molecular complexity index is 2690. The van der Waals surface area contributed by atoms with Crippen LogP contribution >= 0.6 is 0 Å². The molecule has 0 saturated heterocycles.